The lowest BCUT2D eigenvalue weighted by molar-refractivity contribution is 0.578. The van der Waals surface area contributed by atoms with Crippen molar-refractivity contribution in [3.8, 4) is 0 Å². The molecule has 0 atom stereocenters. The molecule has 4 nitrogen and oxygen atoms in total. The van der Waals surface area contributed by atoms with E-state index in [4.69, 9.17) is 0 Å². The molecule has 1 aromatic carbocycles. The first-order chi connectivity index (χ1) is 7.06. The van der Waals surface area contributed by atoms with Crippen LogP contribution in [0.1, 0.15) is 0 Å². The van der Waals surface area contributed by atoms with Crippen molar-refractivity contribution in [3.05, 3.63) is 30.1 Å². The van der Waals surface area contributed by atoms with Gasteiger partial charge in [-0.1, -0.05) is 0 Å². The zero-order chi connectivity index (χ0) is 11.3. The quantitative estimate of drug-likeness (QED) is 0.775. The van der Waals surface area contributed by atoms with Gasteiger partial charge in [0.2, 0.25) is 10.0 Å². The minimum Gasteiger partial charge on any atom is -0.318 e. The molecular weight excluding hydrogens is 255 g/mol. The second kappa shape index (κ2) is 6.80. The van der Waals surface area contributed by atoms with Crippen molar-refractivity contribution in [2.24, 2.45) is 0 Å². The number of hydrogen-bond acceptors (Lipinski definition) is 3. The molecule has 0 aliphatic rings. The Hall–Kier alpha value is -0.690. The van der Waals surface area contributed by atoms with Gasteiger partial charge in [0.05, 0.1) is 4.90 Å². The molecule has 0 saturated heterocycles. The smallest absolute Gasteiger partial charge is 0.240 e. The lowest BCUT2D eigenvalue weighted by atomic mass is 10.4. The predicted molar refractivity (Wildman–Crippen MR) is 62.8 cm³/mol. The molecule has 0 spiro atoms. The monoisotopic (exact) mass is 268 g/mol. The minimum atomic E-state index is -3.51. The third kappa shape index (κ3) is 4.44. The van der Waals surface area contributed by atoms with Gasteiger partial charge in [-0.3, -0.25) is 0 Å². The maximum Gasteiger partial charge on any atom is 0.240 e. The molecule has 0 aromatic heterocycles. The molecule has 0 fully saturated rings. The third-order valence-corrected chi connectivity index (χ3v) is 3.27. The van der Waals surface area contributed by atoms with E-state index < -0.39 is 15.8 Å². The Kier molecular flexibility index (Phi) is 6.51. The summed E-state index contributed by atoms with van der Waals surface area (Å²) in [6.45, 7) is 0.844. The highest BCUT2D eigenvalue weighted by Gasteiger charge is 2.12. The van der Waals surface area contributed by atoms with Crippen LogP contribution >= 0.6 is 12.4 Å². The van der Waals surface area contributed by atoms with Crippen molar-refractivity contribution >= 4 is 22.4 Å². The van der Waals surface area contributed by atoms with Crippen LogP contribution < -0.4 is 10.0 Å². The van der Waals surface area contributed by atoms with Crippen LogP contribution in [0.25, 0.3) is 0 Å². The molecule has 0 radical (unpaired) electrons. The van der Waals surface area contributed by atoms with Crippen molar-refractivity contribution < 1.29 is 12.8 Å². The van der Waals surface area contributed by atoms with Crippen molar-refractivity contribution in [2.75, 3.05) is 20.1 Å². The van der Waals surface area contributed by atoms with E-state index in [-0.39, 0.29) is 17.3 Å². The van der Waals surface area contributed by atoms with E-state index in [0.717, 1.165) is 12.1 Å². The van der Waals surface area contributed by atoms with E-state index >= 15 is 0 Å². The Bertz CT molecular complexity index is 408. The van der Waals surface area contributed by atoms with Gasteiger partial charge < -0.3 is 5.32 Å². The molecule has 0 unspecified atom stereocenters. The van der Waals surface area contributed by atoms with Crippen LogP contribution in [0.3, 0.4) is 0 Å². The molecule has 0 saturated carbocycles. The highest BCUT2D eigenvalue weighted by Crippen LogP contribution is 2.08. The Morgan fingerprint density at radius 3 is 2.25 bits per heavy atom. The van der Waals surface area contributed by atoms with Gasteiger partial charge in [0.1, 0.15) is 5.82 Å². The maximum absolute atomic E-state index is 12.6. The Labute approximate surface area is 101 Å². The molecule has 0 amide bonds. The predicted octanol–water partition coefficient (Wildman–Crippen LogP) is 0.745. The topological polar surface area (TPSA) is 58.2 Å². The zero-order valence-electron chi connectivity index (χ0n) is 8.73. The van der Waals surface area contributed by atoms with Crippen molar-refractivity contribution in [1.82, 2.24) is 10.0 Å². The summed E-state index contributed by atoms with van der Waals surface area (Å²) in [5.41, 5.74) is 0. The van der Waals surface area contributed by atoms with Crippen LogP contribution in [0.2, 0.25) is 0 Å². The Morgan fingerprint density at radius 2 is 1.75 bits per heavy atom. The molecule has 1 aromatic rings. The summed E-state index contributed by atoms with van der Waals surface area (Å²) in [5.74, 6) is -0.454. The van der Waals surface area contributed by atoms with E-state index in [2.05, 4.69) is 10.0 Å². The van der Waals surface area contributed by atoms with E-state index in [1.807, 2.05) is 0 Å². The zero-order valence-corrected chi connectivity index (χ0v) is 10.4. The third-order valence-electron chi connectivity index (χ3n) is 1.79. The van der Waals surface area contributed by atoms with E-state index in [1.54, 1.807) is 7.05 Å². The van der Waals surface area contributed by atoms with Gasteiger partial charge in [-0.05, 0) is 31.3 Å². The average molecular weight is 269 g/mol. The fourth-order valence-corrected chi connectivity index (χ4v) is 2.04. The van der Waals surface area contributed by atoms with Gasteiger partial charge in [-0.25, -0.2) is 17.5 Å². The van der Waals surface area contributed by atoms with Gasteiger partial charge >= 0.3 is 0 Å². The summed E-state index contributed by atoms with van der Waals surface area (Å²) in [4.78, 5) is 0.0694. The second-order valence-corrected chi connectivity index (χ2v) is 4.72. The van der Waals surface area contributed by atoms with Crippen molar-refractivity contribution in [3.63, 3.8) is 0 Å². The number of sulfonamides is 1. The van der Waals surface area contributed by atoms with E-state index in [0.29, 0.717) is 13.1 Å². The number of hydrogen-bond donors (Lipinski definition) is 2. The van der Waals surface area contributed by atoms with Crippen LogP contribution in [0.4, 0.5) is 4.39 Å². The molecule has 0 bridgehead atoms. The van der Waals surface area contributed by atoms with E-state index in [1.165, 1.54) is 12.1 Å². The number of halogens is 2. The van der Waals surface area contributed by atoms with Crippen LogP contribution in [0, 0.1) is 5.82 Å². The van der Waals surface area contributed by atoms with Gasteiger partial charge in [-0.2, -0.15) is 0 Å². The highest BCUT2D eigenvalue weighted by molar-refractivity contribution is 7.89. The van der Waals surface area contributed by atoms with E-state index in [9.17, 15) is 12.8 Å². The first kappa shape index (κ1) is 15.3. The molecule has 7 heteroatoms. The molecule has 0 heterocycles. The van der Waals surface area contributed by atoms with Crippen LogP contribution in [0.15, 0.2) is 29.2 Å². The standard InChI is InChI=1S/C9H13FN2O2S.ClH/c1-11-6-7-12-15(13,14)9-4-2-8(10)3-5-9;/h2-5,11-12H,6-7H2,1H3;1H. The molecule has 1 rings (SSSR count). The first-order valence-corrected chi connectivity index (χ1v) is 5.94. The van der Waals surface area contributed by atoms with Crippen LogP contribution in [0.5, 0.6) is 0 Å². The summed E-state index contributed by atoms with van der Waals surface area (Å²) < 4.78 is 38.1. The summed E-state index contributed by atoms with van der Waals surface area (Å²) in [5, 5.41) is 2.81. The van der Waals surface area contributed by atoms with Gasteiger partial charge in [0, 0.05) is 13.1 Å². The average Bonchev–Trinajstić information content (AvgIpc) is 2.18. The molecule has 0 aliphatic heterocycles. The van der Waals surface area contributed by atoms with Gasteiger partial charge in [0.25, 0.3) is 0 Å². The molecule has 0 aliphatic carbocycles. The number of rotatable bonds is 5. The van der Waals surface area contributed by atoms with Crippen molar-refractivity contribution in [1.29, 1.82) is 0 Å². The highest BCUT2D eigenvalue weighted by atomic mass is 35.5. The maximum atomic E-state index is 12.6. The lowest BCUT2D eigenvalue weighted by Gasteiger charge is -2.05. The van der Waals surface area contributed by atoms with Gasteiger partial charge in [-0.15, -0.1) is 12.4 Å². The minimum absolute atomic E-state index is 0. The fraction of sp³-hybridized carbons (Fsp3) is 0.333. The second-order valence-electron chi connectivity index (χ2n) is 2.96. The first-order valence-electron chi connectivity index (χ1n) is 4.46. The number of likely N-dealkylation sites (N-methyl/N-ethyl adjacent to an activating group) is 1. The fourth-order valence-electron chi connectivity index (χ4n) is 1.01. The SMILES string of the molecule is CNCCNS(=O)(=O)c1ccc(F)cc1.Cl. The molecule has 16 heavy (non-hydrogen) atoms. The normalized spacial score (nSPS) is 10.9. The van der Waals surface area contributed by atoms with Crippen LogP contribution in [-0.4, -0.2) is 28.6 Å². The summed E-state index contributed by atoms with van der Waals surface area (Å²) >= 11 is 0. The van der Waals surface area contributed by atoms with Gasteiger partial charge in [0.15, 0.2) is 0 Å². The summed E-state index contributed by atoms with van der Waals surface area (Å²) in [7, 11) is -1.78. The molecule has 92 valence electrons. The molecular formula is C9H14ClFN2O2S. The summed E-state index contributed by atoms with van der Waals surface area (Å²) in [6.07, 6.45) is 0. The molecule has 2 N–H and O–H groups in total. The van der Waals surface area contributed by atoms with Crippen LogP contribution in [-0.2, 0) is 10.0 Å². The largest absolute Gasteiger partial charge is 0.318 e. The number of nitrogens with one attached hydrogen (secondary N) is 2. The lowest BCUT2D eigenvalue weighted by Crippen LogP contribution is -2.30. The number of benzene rings is 1. The Balaban J connectivity index is 0.00000225. The Morgan fingerprint density at radius 1 is 1.19 bits per heavy atom. The van der Waals surface area contributed by atoms with Crippen molar-refractivity contribution in [2.45, 2.75) is 4.90 Å². The summed E-state index contributed by atoms with van der Waals surface area (Å²) in [6, 6.07) is 4.70.